The Labute approximate surface area is 90.4 Å². The fourth-order valence-electron chi connectivity index (χ4n) is 0.749. The Bertz CT molecular complexity index is 256. The van der Waals surface area contributed by atoms with Crippen molar-refractivity contribution in [3.05, 3.63) is 11.7 Å². The first kappa shape index (κ1) is 11.7. The first-order chi connectivity index (χ1) is 5.57. The summed E-state index contributed by atoms with van der Waals surface area (Å²) in [6, 6.07) is 0. The van der Waals surface area contributed by atoms with Crippen LogP contribution in [0.3, 0.4) is 0 Å². The maximum absolute atomic E-state index is 12.8. The standard InChI is InChI=1S/C5Cl4F4/c6-3(7)1(10)2(11)4(12,13)5(3,8)9. The highest BCUT2D eigenvalue weighted by molar-refractivity contribution is 6.64. The Morgan fingerprint density at radius 2 is 1.23 bits per heavy atom. The highest BCUT2D eigenvalue weighted by Crippen LogP contribution is 2.64. The summed E-state index contributed by atoms with van der Waals surface area (Å²) in [6.45, 7) is 0. The third-order valence-corrected chi connectivity index (χ3v) is 3.86. The predicted octanol–water partition coefficient (Wildman–Crippen LogP) is 4.13. The predicted molar refractivity (Wildman–Crippen MR) is 43.1 cm³/mol. The monoisotopic (exact) mass is 276 g/mol. The third-order valence-electron chi connectivity index (χ3n) is 1.53. The summed E-state index contributed by atoms with van der Waals surface area (Å²) in [5, 5.41) is 0. The number of halogens is 8. The van der Waals surface area contributed by atoms with E-state index < -0.39 is 26.2 Å². The van der Waals surface area contributed by atoms with Crippen LogP contribution in [-0.2, 0) is 0 Å². The average Bonchev–Trinajstić information content (AvgIpc) is 2.05. The minimum absolute atomic E-state index is 2.06. The molecule has 0 aromatic heterocycles. The van der Waals surface area contributed by atoms with Crippen LogP contribution in [0.4, 0.5) is 17.6 Å². The van der Waals surface area contributed by atoms with Gasteiger partial charge in [0, 0.05) is 0 Å². The van der Waals surface area contributed by atoms with Gasteiger partial charge in [0.15, 0.2) is 5.83 Å². The smallest absolute Gasteiger partial charge is 0.205 e. The van der Waals surface area contributed by atoms with E-state index in [-0.39, 0.29) is 0 Å². The van der Waals surface area contributed by atoms with E-state index in [0.29, 0.717) is 0 Å². The van der Waals surface area contributed by atoms with E-state index in [4.69, 9.17) is 46.4 Å². The molecule has 0 unspecified atom stereocenters. The number of alkyl halides is 6. The second-order valence-electron chi connectivity index (χ2n) is 2.35. The zero-order valence-corrected chi connectivity index (χ0v) is 8.55. The molecule has 0 saturated carbocycles. The van der Waals surface area contributed by atoms with Gasteiger partial charge in [-0.15, -0.1) is 0 Å². The van der Waals surface area contributed by atoms with Crippen LogP contribution in [0.1, 0.15) is 0 Å². The van der Waals surface area contributed by atoms with Gasteiger partial charge in [-0.2, -0.15) is 8.78 Å². The van der Waals surface area contributed by atoms with Crippen molar-refractivity contribution in [2.75, 3.05) is 0 Å². The molecule has 0 N–H and O–H groups in total. The molecule has 1 aliphatic rings. The van der Waals surface area contributed by atoms with Crippen LogP contribution in [0.25, 0.3) is 0 Å². The van der Waals surface area contributed by atoms with E-state index in [1.54, 1.807) is 0 Å². The van der Waals surface area contributed by atoms with Gasteiger partial charge in [-0.3, -0.25) is 0 Å². The number of rotatable bonds is 0. The van der Waals surface area contributed by atoms with Crippen LogP contribution >= 0.6 is 46.4 Å². The van der Waals surface area contributed by atoms with Gasteiger partial charge in [0.1, 0.15) is 0 Å². The molecule has 0 amide bonds. The Kier molecular flexibility index (Phi) is 2.53. The Balaban J connectivity index is 3.39. The fourth-order valence-corrected chi connectivity index (χ4v) is 1.48. The molecule has 0 radical (unpaired) electrons. The first-order valence-electron chi connectivity index (χ1n) is 2.76. The molecule has 0 fully saturated rings. The maximum atomic E-state index is 12.8. The highest BCUT2D eigenvalue weighted by Gasteiger charge is 2.75. The molecule has 76 valence electrons. The van der Waals surface area contributed by atoms with Crippen LogP contribution in [0, 0.1) is 0 Å². The van der Waals surface area contributed by atoms with Crippen molar-refractivity contribution in [1.29, 1.82) is 0 Å². The van der Waals surface area contributed by atoms with Crippen LogP contribution < -0.4 is 0 Å². The highest BCUT2D eigenvalue weighted by atomic mass is 35.5. The molecule has 1 rings (SSSR count). The van der Waals surface area contributed by atoms with E-state index in [1.165, 1.54) is 0 Å². The normalized spacial score (nSPS) is 29.5. The van der Waals surface area contributed by atoms with E-state index in [2.05, 4.69) is 0 Å². The second-order valence-corrected chi connectivity index (χ2v) is 5.01. The second kappa shape index (κ2) is 2.81. The fraction of sp³-hybridized carbons (Fsp3) is 0.600. The van der Waals surface area contributed by atoms with Crippen molar-refractivity contribution in [2.45, 2.75) is 14.6 Å². The molecule has 0 aromatic carbocycles. The zero-order valence-electron chi connectivity index (χ0n) is 5.52. The Hall–Kier alpha value is 0.620. The topological polar surface area (TPSA) is 0 Å². The Morgan fingerprint density at radius 1 is 0.846 bits per heavy atom. The van der Waals surface area contributed by atoms with Gasteiger partial charge in [-0.25, -0.2) is 8.78 Å². The van der Waals surface area contributed by atoms with Crippen molar-refractivity contribution in [1.82, 2.24) is 0 Å². The first-order valence-corrected chi connectivity index (χ1v) is 4.27. The van der Waals surface area contributed by atoms with Crippen molar-refractivity contribution < 1.29 is 17.6 Å². The molecule has 1 aliphatic carbocycles. The molecule has 0 saturated heterocycles. The molecular weight excluding hydrogens is 278 g/mol. The molecular formula is C5Cl4F4. The van der Waals surface area contributed by atoms with Crippen LogP contribution in [0.2, 0.25) is 0 Å². The lowest BCUT2D eigenvalue weighted by Gasteiger charge is -2.28. The largest absolute Gasteiger partial charge is 0.337 e. The number of hydrogen-bond donors (Lipinski definition) is 0. The number of hydrogen-bond acceptors (Lipinski definition) is 0. The molecule has 13 heavy (non-hydrogen) atoms. The molecule has 8 heteroatoms. The minimum atomic E-state index is -4.44. The number of allylic oxidation sites excluding steroid dienone is 2. The van der Waals surface area contributed by atoms with Crippen molar-refractivity contribution in [3.63, 3.8) is 0 Å². The maximum Gasteiger partial charge on any atom is 0.337 e. The quantitative estimate of drug-likeness (QED) is 0.461. The van der Waals surface area contributed by atoms with Gasteiger partial charge >= 0.3 is 5.92 Å². The van der Waals surface area contributed by atoms with Gasteiger partial charge in [0.2, 0.25) is 14.5 Å². The summed E-state index contributed by atoms with van der Waals surface area (Å²) in [5.74, 6) is -8.95. The summed E-state index contributed by atoms with van der Waals surface area (Å²) in [7, 11) is 0. The third kappa shape index (κ3) is 1.19. The van der Waals surface area contributed by atoms with Crippen molar-refractivity contribution >= 4 is 46.4 Å². The van der Waals surface area contributed by atoms with E-state index in [9.17, 15) is 17.6 Å². The summed E-state index contributed by atoms with van der Waals surface area (Å²) < 4.78 is 44.5. The molecule has 0 spiro atoms. The van der Waals surface area contributed by atoms with Crippen molar-refractivity contribution in [3.8, 4) is 0 Å². The molecule has 0 nitrogen and oxygen atoms in total. The minimum Gasteiger partial charge on any atom is -0.205 e. The van der Waals surface area contributed by atoms with Gasteiger partial charge in [-0.1, -0.05) is 46.4 Å². The summed E-state index contributed by atoms with van der Waals surface area (Å²) in [5.41, 5.74) is 0. The molecule has 0 bridgehead atoms. The van der Waals surface area contributed by atoms with E-state index >= 15 is 0 Å². The molecule has 0 heterocycles. The summed E-state index contributed by atoms with van der Waals surface area (Å²) >= 11 is 20.0. The van der Waals surface area contributed by atoms with E-state index in [0.717, 1.165) is 0 Å². The zero-order chi connectivity index (χ0) is 10.7. The molecule has 0 aromatic rings. The molecule has 0 aliphatic heterocycles. The lowest BCUT2D eigenvalue weighted by Crippen LogP contribution is -2.45. The van der Waals surface area contributed by atoms with Gasteiger partial charge in [-0.05, 0) is 0 Å². The molecule has 0 atom stereocenters. The SMILES string of the molecule is FC1=C(F)C(Cl)(Cl)C(Cl)(Cl)C1(F)F. The van der Waals surface area contributed by atoms with E-state index in [1.807, 2.05) is 0 Å². The van der Waals surface area contributed by atoms with Crippen LogP contribution in [0.15, 0.2) is 11.7 Å². The van der Waals surface area contributed by atoms with Gasteiger partial charge in [0.25, 0.3) is 0 Å². The average molecular weight is 278 g/mol. The lowest BCUT2D eigenvalue weighted by molar-refractivity contribution is 0.0116. The van der Waals surface area contributed by atoms with Crippen LogP contribution in [0.5, 0.6) is 0 Å². The van der Waals surface area contributed by atoms with Crippen molar-refractivity contribution in [2.24, 2.45) is 0 Å². The summed E-state index contributed by atoms with van der Waals surface area (Å²) in [6.07, 6.45) is 0. The lowest BCUT2D eigenvalue weighted by atomic mass is 10.2. The summed E-state index contributed by atoms with van der Waals surface area (Å²) in [4.78, 5) is 0. The van der Waals surface area contributed by atoms with Gasteiger partial charge < -0.3 is 0 Å². The van der Waals surface area contributed by atoms with Crippen LogP contribution in [-0.4, -0.2) is 14.6 Å². The Morgan fingerprint density at radius 3 is 1.31 bits per heavy atom. The van der Waals surface area contributed by atoms with Gasteiger partial charge in [0.05, 0.1) is 0 Å².